The molecular weight excluding hydrogens is 254 g/mol. The molecule has 2 aromatic rings. The summed E-state index contributed by atoms with van der Waals surface area (Å²) in [5, 5.41) is 14.3. The summed E-state index contributed by atoms with van der Waals surface area (Å²) in [7, 11) is 0. The lowest BCUT2D eigenvalue weighted by Crippen LogP contribution is -2.21. The highest BCUT2D eigenvalue weighted by Gasteiger charge is 2.09. The molecule has 2 rings (SSSR count). The van der Waals surface area contributed by atoms with Crippen LogP contribution in [-0.4, -0.2) is 22.0 Å². The maximum Gasteiger partial charge on any atom is 0.276 e. The van der Waals surface area contributed by atoms with Gasteiger partial charge in [-0.2, -0.15) is 0 Å². The molecule has 2 aromatic heterocycles. The molecule has 0 saturated heterocycles. The molecule has 0 bridgehead atoms. The molecule has 0 amide bonds. The van der Waals surface area contributed by atoms with Crippen molar-refractivity contribution in [2.45, 2.75) is 30.9 Å². The van der Waals surface area contributed by atoms with Crippen molar-refractivity contribution in [3.05, 3.63) is 28.3 Å². The van der Waals surface area contributed by atoms with Crippen LogP contribution in [0.3, 0.4) is 0 Å². The third kappa shape index (κ3) is 4.14. The van der Waals surface area contributed by atoms with Crippen molar-refractivity contribution >= 4 is 23.1 Å². The lowest BCUT2D eigenvalue weighted by Gasteiger charge is -2.08. The SMILES string of the molecule is Cc1nnc(SC(C)CNCc2cccs2)o1. The second-order valence-electron chi connectivity index (χ2n) is 3.73. The Hall–Kier alpha value is -0.850. The van der Waals surface area contributed by atoms with Gasteiger partial charge in [-0.25, -0.2) is 0 Å². The number of thiophene rings is 1. The summed E-state index contributed by atoms with van der Waals surface area (Å²) in [4.78, 5) is 1.36. The first-order valence-corrected chi connectivity index (χ1v) is 7.20. The molecule has 4 nitrogen and oxygen atoms in total. The second-order valence-corrected chi connectivity index (χ2v) is 6.15. The molecule has 0 spiro atoms. The maximum atomic E-state index is 5.32. The van der Waals surface area contributed by atoms with Crippen molar-refractivity contribution in [3.8, 4) is 0 Å². The summed E-state index contributed by atoms with van der Waals surface area (Å²) in [6.07, 6.45) is 0. The quantitative estimate of drug-likeness (QED) is 0.817. The summed E-state index contributed by atoms with van der Waals surface area (Å²) in [6, 6.07) is 4.21. The molecule has 6 heteroatoms. The molecule has 0 aliphatic heterocycles. The molecular formula is C11H15N3OS2. The number of rotatable bonds is 6. The van der Waals surface area contributed by atoms with Gasteiger partial charge in [0.1, 0.15) is 0 Å². The van der Waals surface area contributed by atoms with E-state index in [1.165, 1.54) is 4.88 Å². The van der Waals surface area contributed by atoms with E-state index in [0.29, 0.717) is 16.4 Å². The fourth-order valence-electron chi connectivity index (χ4n) is 1.35. The van der Waals surface area contributed by atoms with Crippen LogP contribution in [0.25, 0.3) is 0 Å². The van der Waals surface area contributed by atoms with Crippen LogP contribution in [-0.2, 0) is 6.54 Å². The first-order valence-electron chi connectivity index (χ1n) is 5.44. The zero-order chi connectivity index (χ0) is 12.1. The molecule has 0 fully saturated rings. The van der Waals surface area contributed by atoms with Gasteiger partial charge in [0.2, 0.25) is 5.89 Å². The Kier molecular flexibility index (Phi) is 4.58. The number of hydrogen-bond acceptors (Lipinski definition) is 6. The van der Waals surface area contributed by atoms with E-state index >= 15 is 0 Å². The molecule has 0 saturated carbocycles. The summed E-state index contributed by atoms with van der Waals surface area (Å²) in [5.74, 6) is 0.617. The minimum absolute atomic E-state index is 0.412. The van der Waals surface area contributed by atoms with E-state index in [0.717, 1.165) is 13.1 Å². The van der Waals surface area contributed by atoms with Crippen LogP contribution < -0.4 is 5.32 Å². The normalized spacial score (nSPS) is 12.8. The summed E-state index contributed by atoms with van der Waals surface area (Å²) < 4.78 is 5.32. The number of thioether (sulfide) groups is 1. The molecule has 0 aliphatic carbocycles. The Bertz CT molecular complexity index is 441. The van der Waals surface area contributed by atoms with E-state index in [-0.39, 0.29) is 0 Å². The standard InChI is InChI=1S/C11H15N3OS2/c1-8(17-11-14-13-9(2)15-11)6-12-7-10-4-3-5-16-10/h3-5,8,12H,6-7H2,1-2H3. The lowest BCUT2D eigenvalue weighted by molar-refractivity contribution is 0.428. The van der Waals surface area contributed by atoms with Crippen molar-refractivity contribution in [2.75, 3.05) is 6.54 Å². The van der Waals surface area contributed by atoms with Crippen LogP contribution >= 0.6 is 23.1 Å². The smallest absolute Gasteiger partial charge is 0.276 e. The van der Waals surface area contributed by atoms with Gasteiger partial charge in [0, 0.05) is 30.1 Å². The van der Waals surface area contributed by atoms with Gasteiger partial charge in [-0.05, 0) is 11.4 Å². The first kappa shape index (κ1) is 12.6. The zero-order valence-corrected chi connectivity index (χ0v) is 11.5. The fourth-order valence-corrected chi connectivity index (χ4v) is 2.83. The monoisotopic (exact) mass is 269 g/mol. The minimum Gasteiger partial charge on any atom is -0.416 e. The fraction of sp³-hybridized carbons (Fsp3) is 0.455. The predicted molar refractivity (Wildman–Crippen MR) is 70.4 cm³/mol. The Morgan fingerprint density at radius 3 is 3.06 bits per heavy atom. The van der Waals surface area contributed by atoms with Gasteiger partial charge < -0.3 is 9.73 Å². The molecule has 2 heterocycles. The summed E-state index contributed by atoms with van der Waals surface area (Å²) >= 11 is 3.37. The number of aromatic nitrogens is 2. The molecule has 1 unspecified atom stereocenters. The van der Waals surface area contributed by atoms with Gasteiger partial charge in [-0.1, -0.05) is 24.8 Å². The van der Waals surface area contributed by atoms with Crippen LogP contribution in [0.1, 0.15) is 17.7 Å². The van der Waals surface area contributed by atoms with Crippen LogP contribution in [0.5, 0.6) is 0 Å². The van der Waals surface area contributed by atoms with E-state index in [9.17, 15) is 0 Å². The highest BCUT2D eigenvalue weighted by molar-refractivity contribution is 7.99. The van der Waals surface area contributed by atoms with Crippen LogP contribution in [0.15, 0.2) is 27.2 Å². The Balaban J connectivity index is 1.69. The van der Waals surface area contributed by atoms with Crippen molar-refractivity contribution in [2.24, 2.45) is 0 Å². The highest BCUT2D eigenvalue weighted by Crippen LogP contribution is 2.20. The van der Waals surface area contributed by atoms with Gasteiger partial charge in [0.15, 0.2) is 0 Å². The minimum atomic E-state index is 0.412. The lowest BCUT2D eigenvalue weighted by atomic mass is 10.4. The maximum absolute atomic E-state index is 5.32. The zero-order valence-electron chi connectivity index (χ0n) is 9.84. The van der Waals surface area contributed by atoms with Crippen molar-refractivity contribution in [3.63, 3.8) is 0 Å². The first-order chi connectivity index (χ1) is 8.24. The van der Waals surface area contributed by atoms with E-state index in [4.69, 9.17) is 4.42 Å². The van der Waals surface area contributed by atoms with E-state index in [1.807, 2.05) is 0 Å². The number of aryl methyl sites for hydroxylation is 1. The van der Waals surface area contributed by atoms with Crippen molar-refractivity contribution in [1.29, 1.82) is 0 Å². The number of nitrogens with zero attached hydrogens (tertiary/aromatic N) is 2. The topological polar surface area (TPSA) is 51.0 Å². The molecule has 92 valence electrons. The average Bonchev–Trinajstić information content (AvgIpc) is 2.90. The van der Waals surface area contributed by atoms with Gasteiger partial charge in [-0.3, -0.25) is 0 Å². The third-order valence-electron chi connectivity index (χ3n) is 2.12. The predicted octanol–water partition coefficient (Wildman–Crippen LogP) is 2.71. The van der Waals surface area contributed by atoms with E-state index in [1.54, 1.807) is 30.0 Å². The Morgan fingerprint density at radius 2 is 2.41 bits per heavy atom. The van der Waals surface area contributed by atoms with E-state index in [2.05, 4.69) is 40.0 Å². The molecule has 0 radical (unpaired) electrons. The number of hydrogen-bond donors (Lipinski definition) is 1. The summed E-state index contributed by atoms with van der Waals surface area (Å²) in [6.45, 7) is 5.79. The molecule has 17 heavy (non-hydrogen) atoms. The molecule has 1 N–H and O–H groups in total. The molecule has 0 aromatic carbocycles. The largest absolute Gasteiger partial charge is 0.416 e. The van der Waals surface area contributed by atoms with Crippen molar-refractivity contribution in [1.82, 2.24) is 15.5 Å². The molecule has 0 aliphatic rings. The van der Waals surface area contributed by atoms with E-state index < -0.39 is 0 Å². The molecule has 1 atom stereocenters. The summed E-state index contributed by atoms with van der Waals surface area (Å²) in [5.41, 5.74) is 0. The van der Waals surface area contributed by atoms with Crippen LogP contribution in [0, 0.1) is 6.92 Å². The Morgan fingerprint density at radius 1 is 1.53 bits per heavy atom. The third-order valence-corrected chi connectivity index (χ3v) is 3.93. The van der Waals surface area contributed by atoms with Crippen LogP contribution in [0.2, 0.25) is 0 Å². The average molecular weight is 269 g/mol. The highest BCUT2D eigenvalue weighted by atomic mass is 32.2. The van der Waals surface area contributed by atoms with Crippen LogP contribution in [0.4, 0.5) is 0 Å². The van der Waals surface area contributed by atoms with Gasteiger partial charge in [0.05, 0.1) is 0 Å². The second kappa shape index (κ2) is 6.18. The van der Waals surface area contributed by atoms with Gasteiger partial charge >= 0.3 is 0 Å². The Labute approximate surface area is 109 Å². The number of nitrogens with one attached hydrogen (secondary N) is 1. The van der Waals surface area contributed by atoms with Gasteiger partial charge in [-0.15, -0.1) is 21.5 Å². The van der Waals surface area contributed by atoms with Gasteiger partial charge in [0.25, 0.3) is 5.22 Å². The van der Waals surface area contributed by atoms with Crippen molar-refractivity contribution < 1.29 is 4.42 Å².